The van der Waals surface area contributed by atoms with E-state index in [1.165, 1.54) is 70.6 Å². The zero-order valence-corrected chi connectivity index (χ0v) is 18.0. The molecule has 0 saturated heterocycles. The summed E-state index contributed by atoms with van der Waals surface area (Å²) in [5.74, 6) is 3.06. The summed E-state index contributed by atoms with van der Waals surface area (Å²) in [5, 5.41) is 0. The van der Waals surface area contributed by atoms with Gasteiger partial charge in [-0.1, -0.05) is 0 Å². The fourth-order valence-electron chi connectivity index (χ4n) is 4.84. The molecule has 3 rings (SSSR count). The van der Waals surface area contributed by atoms with Crippen LogP contribution in [0, 0.1) is 17.8 Å². The molecule has 1 aromatic rings. The van der Waals surface area contributed by atoms with Crippen molar-refractivity contribution in [2.24, 2.45) is 17.8 Å². The number of hydrogen-bond acceptors (Lipinski definition) is 0. The van der Waals surface area contributed by atoms with Gasteiger partial charge in [0.2, 0.25) is 0 Å². The van der Waals surface area contributed by atoms with Crippen LogP contribution < -0.4 is 0 Å². The SMILES string of the molecule is CCCC=Cc1ccc(C2=CCC(C3CCC(CCC)CC3)CC2)[se]1. The van der Waals surface area contributed by atoms with Gasteiger partial charge in [-0.3, -0.25) is 0 Å². The summed E-state index contributed by atoms with van der Waals surface area (Å²) in [4.78, 5) is 0. The molecule has 0 bridgehead atoms. The molecule has 2 aliphatic carbocycles. The number of allylic oxidation sites excluding steroid dienone is 3. The quantitative estimate of drug-likeness (QED) is 0.418. The van der Waals surface area contributed by atoms with Crippen LogP contribution in [-0.4, -0.2) is 14.5 Å². The van der Waals surface area contributed by atoms with Gasteiger partial charge in [0.05, 0.1) is 0 Å². The number of hydrogen-bond donors (Lipinski definition) is 0. The number of rotatable bonds is 7. The van der Waals surface area contributed by atoms with E-state index in [0.29, 0.717) is 14.5 Å². The Bertz CT molecular complexity index is 569. The van der Waals surface area contributed by atoms with Crippen LogP contribution in [0.15, 0.2) is 24.3 Å². The van der Waals surface area contributed by atoms with Crippen LogP contribution in [-0.2, 0) is 0 Å². The summed E-state index contributed by atoms with van der Waals surface area (Å²) < 4.78 is 3.22. The van der Waals surface area contributed by atoms with E-state index in [9.17, 15) is 0 Å². The Morgan fingerprint density at radius 1 is 1.00 bits per heavy atom. The summed E-state index contributed by atoms with van der Waals surface area (Å²) in [6, 6.07) is 4.77. The Hall–Kier alpha value is -0.521. The molecule has 0 N–H and O–H groups in total. The van der Waals surface area contributed by atoms with Gasteiger partial charge in [-0.05, 0) is 0 Å². The van der Waals surface area contributed by atoms with Crippen LogP contribution in [0.1, 0.15) is 93.4 Å². The average molecular weight is 404 g/mol. The number of unbranched alkanes of at least 4 members (excludes halogenated alkanes) is 1. The predicted octanol–water partition coefficient (Wildman–Crippen LogP) is 7.35. The molecule has 138 valence electrons. The average Bonchev–Trinajstić information content (AvgIpc) is 3.12. The minimum atomic E-state index is 0.557. The molecular formula is C24H36Se. The van der Waals surface area contributed by atoms with E-state index in [0.717, 1.165) is 17.8 Å². The molecule has 0 amide bonds. The van der Waals surface area contributed by atoms with Gasteiger partial charge in [-0.2, -0.15) is 0 Å². The third-order valence-electron chi connectivity index (χ3n) is 6.39. The molecule has 1 fully saturated rings. The normalized spacial score (nSPS) is 27.6. The first-order chi connectivity index (χ1) is 12.3. The molecule has 0 aliphatic heterocycles. The van der Waals surface area contributed by atoms with Gasteiger partial charge in [0, 0.05) is 0 Å². The summed E-state index contributed by atoms with van der Waals surface area (Å²) in [6.45, 7) is 4.60. The van der Waals surface area contributed by atoms with Crippen LogP contribution >= 0.6 is 0 Å². The molecule has 1 unspecified atom stereocenters. The second kappa shape index (κ2) is 9.98. The third-order valence-corrected chi connectivity index (χ3v) is 8.75. The monoisotopic (exact) mass is 404 g/mol. The first-order valence-corrected chi connectivity index (χ1v) is 12.5. The van der Waals surface area contributed by atoms with E-state index in [-0.39, 0.29) is 0 Å². The fraction of sp³-hybridized carbons (Fsp3) is 0.667. The second-order valence-electron chi connectivity index (χ2n) is 8.23. The minimum absolute atomic E-state index is 0.557. The van der Waals surface area contributed by atoms with Crippen molar-refractivity contribution in [3.05, 3.63) is 33.2 Å². The molecule has 0 spiro atoms. The summed E-state index contributed by atoms with van der Waals surface area (Å²) >= 11 is 0.557. The fourth-order valence-corrected chi connectivity index (χ4v) is 6.96. The Morgan fingerprint density at radius 2 is 1.84 bits per heavy atom. The van der Waals surface area contributed by atoms with Crippen molar-refractivity contribution < 1.29 is 0 Å². The molecule has 1 heteroatoms. The van der Waals surface area contributed by atoms with E-state index < -0.39 is 0 Å². The maximum absolute atomic E-state index is 2.62. The molecule has 25 heavy (non-hydrogen) atoms. The first kappa shape index (κ1) is 19.2. The van der Waals surface area contributed by atoms with Crippen LogP contribution in [0.3, 0.4) is 0 Å². The maximum atomic E-state index is 2.62. The van der Waals surface area contributed by atoms with E-state index in [2.05, 4.69) is 44.2 Å². The summed E-state index contributed by atoms with van der Waals surface area (Å²) in [5.41, 5.74) is 1.69. The van der Waals surface area contributed by atoms with Gasteiger partial charge < -0.3 is 0 Å². The Morgan fingerprint density at radius 3 is 2.52 bits per heavy atom. The van der Waals surface area contributed by atoms with Crippen LogP contribution in [0.2, 0.25) is 0 Å². The van der Waals surface area contributed by atoms with Crippen LogP contribution in [0.4, 0.5) is 0 Å². The predicted molar refractivity (Wildman–Crippen MR) is 113 cm³/mol. The Balaban J connectivity index is 1.51. The molecular weight excluding hydrogens is 367 g/mol. The molecule has 1 atom stereocenters. The van der Waals surface area contributed by atoms with Crippen molar-refractivity contribution in [1.29, 1.82) is 0 Å². The van der Waals surface area contributed by atoms with E-state index in [1.807, 2.05) is 0 Å². The van der Waals surface area contributed by atoms with Gasteiger partial charge in [-0.25, -0.2) is 0 Å². The van der Waals surface area contributed by atoms with Gasteiger partial charge in [0.25, 0.3) is 0 Å². The molecule has 1 heterocycles. The summed E-state index contributed by atoms with van der Waals surface area (Å²) in [7, 11) is 0. The van der Waals surface area contributed by atoms with Crippen molar-refractivity contribution in [2.45, 2.75) is 84.5 Å². The molecule has 0 aromatic carbocycles. The standard InChI is InChI=1S/C24H36Se/c1-3-5-6-8-23-17-18-24(25-23)22-15-13-21(14-16-22)20-11-9-19(7-4-2)10-12-20/h6,8,15,17-21H,3-5,7,9-14,16H2,1-2H3. The Labute approximate surface area is 161 Å². The van der Waals surface area contributed by atoms with Crippen LogP contribution in [0.25, 0.3) is 11.6 Å². The molecule has 2 aliphatic rings. The van der Waals surface area contributed by atoms with Gasteiger partial charge in [0.15, 0.2) is 0 Å². The van der Waals surface area contributed by atoms with Gasteiger partial charge in [-0.15, -0.1) is 0 Å². The first-order valence-electron chi connectivity index (χ1n) is 10.8. The van der Waals surface area contributed by atoms with E-state index in [1.54, 1.807) is 14.4 Å². The zero-order valence-electron chi connectivity index (χ0n) is 16.3. The molecule has 0 nitrogen and oxygen atoms in total. The third kappa shape index (κ3) is 5.48. The van der Waals surface area contributed by atoms with Crippen molar-refractivity contribution >= 4 is 26.2 Å². The van der Waals surface area contributed by atoms with Gasteiger partial charge in [0.1, 0.15) is 0 Å². The molecule has 1 aromatic heterocycles. The topological polar surface area (TPSA) is 0 Å². The van der Waals surface area contributed by atoms with E-state index >= 15 is 0 Å². The molecule has 0 radical (unpaired) electrons. The Kier molecular flexibility index (Phi) is 7.68. The van der Waals surface area contributed by atoms with Crippen molar-refractivity contribution in [3.8, 4) is 0 Å². The van der Waals surface area contributed by atoms with Crippen molar-refractivity contribution in [3.63, 3.8) is 0 Å². The van der Waals surface area contributed by atoms with Crippen LogP contribution in [0.5, 0.6) is 0 Å². The van der Waals surface area contributed by atoms with Crippen molar-refractivity contribution in [2.75, 3.05) is 0 Å². The zero-order chi connectivity index (χ0) is 17.5. The van der Waals surface area contributed by atoms with Crippen molar-refractivity contribution in [1.82, 2.24) is 0 Å². The molecule has 1 saturated carbocycles. The second-order valence-corrected chi connectivity index (χ2v) is 10.6. The van der Waals surface area contributed by atoms with E-state index in [4.69, 9.17) is 0 Å². The van der Waals surface area contributed by atoms with Gasteiger partial charge >= 0.3 is 162 Å². The summed E-state index contributed by atoms with van der Waals surface area (Å²) in [6.07, 6.45) is 22.9.